The van der Waals surface area contributed by atoms with Crippen LogP contribution in [0.2, 0.25) is 4.34 Å². The lowest BCUT2D eigenvalue weighted by molar-refractivity contribution is -0.135. The predicted molar refractivity (Wildman–Crippen MR) is 82.4 cm³/mol. The topological polar surface area (TPSA) is 46.3 Å². The highest BCUT2D eigenvalue weighted by Gasteiger charge is 2.30. The fourth-order valence-corrected chi connectivity index (χ4v) is 2.68. The van der Waals surface area contributed by atoms with Crippen LogP contribution in [0, 0.1) is 5.41 Å². The second kappa shape index (κ2) is 6.55. The summed E-state index contributed by atoms with van der Waals surface area (Å²) in [4.78, 5) is 15.2. The Labute approximate surface area is 124 Å². The molecule has 1 atom stereocenters. The number of hydrogen-bond donors (Lipinski definition) is 1. The van der Waals surface area contributed by atoms with Crippen molar-refractivity contribution in [1.29, 1.82) is 0 Å². The normalized spacial score (nSPS) is 13.1. The minimum atomic E-state index is -0.525. The SMILES string of the molecule is C=CCN(Cc1ccc(Cl)s1)C(=O)[C@@H](N)C(C)(C)C. The number of hydrogen-bond acceptors (Lipinski definition) is 3. The molecule has 106 valence electrons. The van der Waals surface area contributed by atoms with E-state index in [1.807, 2.05) is 32.9 Å². The van der Waals surface area contributed by atoms with Gasteiger partial charge in [-0.15, -0.1) is 17.9 Å². The van der Waals surface area contributed by atoms with Gasteiger partial charge in [0.05, 0.1) is 16.9 Å². The molecule has 0 saturated carbocycles. The summed E-state index contributed by atoms with van der Waals surface area (Å²) in [6.07, 6.45) is 1.71. The monoisotopic (exact) mass is 300 g/mol. The molecule has 1 aromatic rings. The Hall–Kier alpha value is -0.840. The largest absolute Gasteiger partial charge is 0.332 e. The fourth-order valence-electron chi connectivity index (χ4n) is 1.58. The van der Waals surface area contributed by atoms with E-state index in [0.717, 1.165) is 9.21 Å². The van der Waals surface area contributed by atoms with E-state index in [0.29, 0.717) is 13.1 Å². The zero-order valence-electron chi connectivity index (χ0n) is 11.6. The minimum Gasteiger partial charge on any atom is -0.332 e. The zero-order valence-corrected chi connectivity index (χ0v) is 13.2. The van der Waals surface area contributed by atoms with E-state index < -0.39 is 6.04 Å². The summed E-state index contributed by atoms with van der Waals surface area (Å²) < 4.78 is 0.723. The molecule has 5 heteroatoms. The molecular formula is C14H21ClN2OS. The van der Waals surface area contributed by atoms with Crippen molar-refractivity contribution in [3.8, 4) is 0 Å². The third-order valence-electron chi connectivity index (χ3n) is 2.84. The van der Waals surface area contributed by atoms with Crippen molar-refractivity contribution in [3.63, 3.8) is 0 Å². The summed E-state index contributed by atoms with van der Waals surface area (Å²) in [6.45, 7) is 10.6. The number of halogens is 1. The molecule has 1 amide bonds. The van der Waals surface area contributed by atoms with Crippen LogP contribution < -0.4 is 5.73 Å². The van der Waals surface area contributed by atoms with E-state index >= 15 is 0 Å². The van der Waals surface area contributed by atoms with Gasteiger partial charge < -0.3 is 10.6 Å². The highest BCUT2D eigenvalue weighted by Crippen LogP contribution is 2.24. The second-order valence-electron chi connectivity index (χ2n) is 5.56. The number of amides is 1. The van der Waals surface area contributed by atoms with Crippen LogP contribution in [0.15, 0.2) is 24.8 Å². The van der Waals surface area contributed by atoms with E-state index in [2.05, 4.69) is 6.58 Å². The molecule has 1 heterocycles. The zero-order chi connectivity index (χ0) is 14.6. The molecule has 0 aromatic carbocycles. The molecule has 0 bridgehead atoms. The highest BCUT2D eigenvalue weighted by molar-refractivity contribution is 7.16. The molecule has 0 unspecified atom stereocenters. The van der Waals surface area contributed by atoms with Crippen LogP contribution in [0.4, 0.5) is 0 Å². The highest BCUT2D eigenvalue weighted by atomic mass is 35.5. The first-order valence-corrected chi connectivity index (χ1v) is 7.34. The van der Waals surface area contributed by atoms with Gasteiger partial charge in [-0.05, 0) is 17.5 Å². The molecule has 3 nitrogen and oxygen atoms in total. The lowest BCUT2D eigenvalue weighted by Gasteiger charge is -2.31. The van der Waals surface area contributed by atoms with Crippen LogP contribution in [0.25, 0.3) is 0 Å². The lowest BCUT2D eigenvalue weighted by atomic mass is 9.86. The van der Waals surface area contributed by atoms with Crippen LogP contribution in [-0.4, -0.2) is 23.4 Å². The number of carbonyl (C=O) groups is 1. The minimum absolute atomic E-state index is 0.0584. The van der Waals surface area contributed by atoms with Crippen molar-refractivity contribution in [2.75, 3.05) is 6.54 Å². The third-order valence-corrected chi connectivity index (χ3v) is 4.05. The maximum Gasteiger partial charge on any atom is 0.240 e. The van der Waals surface area contributed by atoms with Crippen molar-refractivity contribution < 1.29 is 4.79 Å². The van der Waals surface area contributed by atoms with Gasteiger partial charge in [-0.3, -0.25) is 4.79 Å². The van der Waals surface area contributed by atoms with Crippen molar-refractivity contribution in [3.05, 3.63) is 34.0 Å². The van der Waals surface area contributed by atoms with Crippen molar-refractivity contribution in [2.45, 2.75) is 33.4 Å². The first-order valence-electron chi connectivity index (χ1n) is 6.15. The first kappa shape index (κ1) is 16.2. The van der Waals surface area contributed by atoms with Gasteiger partial charge in [0.25, 0.3) is 0 Å². The molecule has 0 fully saturated rings. The second-order valence-corrected chi connectivity index (χ2v) is 7.36. The molecule has 0 saturated heterocycles. The number of nitrogens with two attached hydrogens (primary N) is 1. The molecule has 0 spiro atoms. The van der Waals surface area contributed by atoms with Crippen molar-refractivity contribution >= 4 is 28.8 Å². The van der Waals surface area contributed by atoms with Gasteiger partial charge in [0.1, 0.15) is 0 Å². The maximum absolute atomic E-state index is 12.4. The van der Waals surface area contributed by atoms with Gasteiger partial charge in [0.15, 0.2) is 0 Å². The number of nitrogens with zero attached hydrogens (tertiary/aromatic N) is 1. The Morgan fingerprint density at radius 2 is 2.21 bits per heavy atom. The van der Waals surface area contributed by atoms with Crippen LogP contribution >= 0.6 is 22.9 Å². The summed E-state index contributed by atoms with van der Waals surface area (Å²) in [6, 6.07) is 3.24. The molecule has 2 N–H and O–H groups in total. The van der Waals surface area contributed by atoms with Crippen LogP contribution in [0.5, 0.6) is 0 Å². The van der Waals surface area contributed by atoms with Crippen molar-refractivity contribution in [1.82, 2.24) is 4.90 Å². The van der Waals surface area contributed by atoms with Gasteiger partial charge in [0.2, 0.25) is 5.91 Å². The van der Waals surface area contributed by atoms with Gasteiger partial charge in [-0.2, -0.15) is 0 Å². The molecule has 0 aliphatic rings. The van der Waals surface area contributed by atoms with E-state index in [1.165, 1.54) is 11.3 Å². The summed E-state index contributed by atoms with van der Waals surface area (Å²) in [5, 5.41) is 0. The smallest absolute Gasteiger partial charge is 0.240 e. The molecule has 0 aliphatic heterocycles. The molecule has 0 aliphatic carbocycles. The Kier molecular flexibility index (Phi) is 5.59. The number of thiophene rings is 1. The van der Waals surface area contributed by atoms with Crippen LogP contribution in [0.1, 0.15) is 25.6 Å². The average molecular weight is 301 g/mol. The Morgan fingerprint density at radius 3 is 2.63 bits per heavy atom. The van der Waals surface area contributed by atoms with Crippen LogP contribution in [-0.2, 0) is 11.3 Å². The number of rotatable bonds is 5. The molecule has 0 radical (unpaired) electrons. The van der Waals surface area contributed by atoms with Gasteiger partial charge >= 0.3 is 0 Å². The quantitative estimate of drug-likeness (QED) is 0.848. The summed E-state index contributed by atoms with van der Waals surface area (Å²) in [5.41, 5.74) is 5.78. The Bertz CT molecular complexity index is 451. The average Bonchev–Trinajstić information content (AvgIpc) is 2.71. The first-order chi connectivity index (χ1) is 8.75. The standard InChI is InChI=1S/C14H21ClN2OS/c1-5-8-17(9-10-6-7-11(15)19-10)13(18)12(16)14(2,3)4/h5-7,12H,1,8-9,16H2,2-4H3/t12-/m1/s1. The number of carbonyl (C=O) groups excluding carboxylic acids is 1. The fraction of sp³-hybridized carbons (Fsp3) is 0.500. The summed E-state index contributed by atoms with van der Waals surface area (Å²) in [5.74, 6) is -0.0584. The summed E-state index contributed by atoms with van der Waals surface area (Å²) >= 11 is 7.38. The van der Waals surface area contributed by atoms with Gasteiger partial charge in [-0.25, -0.2) is 0 Å². The molecule has 19 heavy (non-hydrogen) atoms. The molecule has 1 aromatic heterocycles. The maximum atomic E-state index is 12.4. The molecule has 1 rings (SSSR count). The lowest BCUT2D eigenvalue weighted by Crippen LogP contribution is -2.50. The Balaban J connectivity index is 2.82. The third kappa shape index (κ3) is 4.64. The summed E-state index contributed by atoms with van der Waals surface area (Å²) in [7, 11) is 0. The van der Waals surface area contributed by atoms with Crippen molar-refractivity contribution in [2.24, 2.45) is 11.1 Å². The van der Waals surface area contributed by atoms with E-state index in [1.54, 1.807) is 11.0 Å². The van der Waals surface area contributed by atoms with Gasteiger partial charge in [-0.1, -0.05) is 38.4 Å². The van der Waals surface area contributed by atoms with E-state index in [9.17, 15) is 4.79 Å². The van der Waals surface area contributed by atoms with Crippen LogP contribution in [0.3, 0.4) is 0 Å². The van der Waals surface area contributed by atoms with E-state index in [4.69, 9.17) is 17.3 Å². The predicted octanol–water partition coefficient (Wildman–Crippen LogP) is 3.29. The van der Waals surface area contributed by atoms with Gasteiger partial charge in [0, 0.05) is 11.4 Å². The Morgan fingerprint density at radius 1 is 1.58 bits per heavy atom. The molecular weight excluding hydrogens is 280 g/mol. The van der Waals surface area contributed by atoms with E-state index in [-0.39, 0.29) is 11.3 Å².